The van der Waals surface area contributed by atoms with E-state index in [2.05, 4.69) is 20.2 Å². The summed E-state index contributed by atoms with van der Waals surface area (Å²) in [6.45, 7) is 1.98. The molecule has 27 heavy (non-hydrogen) atoms. The van der Waals surface area contributed by atoms with E-state index in [0.29, 0.717) is 22.0 Å². The summed E-state index contributed by atoms with van der Waals surface area (Å²) in [5.41, 5.74) is 1.91. The maximum absolute atomic E-state index is 12.7. The van der Waals surface area contributed by atoms with Crippen LogP contribution in [0.2, 0.25) is 5.02 Å². The molecule has 1 saturated heterocycles. The Morgan fingerprint density at radius 2 is 1.96 bits per heavy atom. The predicted octanol–water partition coefficient (Wildman–Crippen LogP) is 4.14. The van der Waals surface area contributed by atoms with Crippen LogP contribution in [0.1, 0.15) is 23.2 Å². The van der Waals surface area contributed by atoms with Crippen molar-refractivity contribution in [1.82, 2.24) is 9.97 Å². The lowest BCUT2D eigenvalue weighted by Gasteiger charge is -2.18. The standard InChI is InChI=1S/C20H19ClN4O2/c1-27-18-7-4-13(21)10-16(18)20(26)24-14-5-6-17-15(11-14)19(23-12-22-17)25-8-2-3-9-25/h4-7,10-12H,2-3,8-9H2,1H3,(H,24,26). The monoisotopic (exact) mass is 382 g/mol. The highest BCUT2D eigenvalue weighted by atomic mass is 35.5. The van der Waals surface area contributed by atoms with Crippen LogP contribution in [0.25, 0.3) is 10.9 Å². The lowest BCUT2D eigenvalue weighted by atomic mass is 10.1. The van der Waals surface area contributed by atoms with E-state index in [1.807, 2.05) is 18.2 Å². The van der Waals surface area contributed by atoms with Gasteiger partial charge in [-0.3, -0.25) is 4.79 Å². The first-order valence-electron chi connectivity index (χ1n) is 8.80. The molecule has 4 rings (SSSR count). The van der Waals surface area contributed by atoms with E-state index < -0.39 is 0 Å². The normalized spacial score (nSPS) is 13.8. The van der Waals surface area contributed by atoms with Gasteiger partial charge < -0.3 is 15.0 Å². The molecule has 1 N–H and O–H groups in total. The summed E-state index contributed by atoms with van der Waals surface area (Å²) in [5.74, 6) is 1.10. The average molecular weight is 383 g/mol. The Morgan fingerprint density at radius 1 is 1.15 bits per heavy atom. The van der Waals surface area contributed by atoms with E-state index in [-0.39, 0.29) is 5.91 Å². The van der Waals surface area contributed by atoms with E-state index in [0.717, 1.165) is 42.7 Å². The minimum atomic E-state index is -0.284. The van der Waals surface area contributed by atoms with Gasteiger partial charge in [0.15, 0.2) is 0 Å². The number of methoxy groups -OCH3 is 1. The van der Waals surface area contributed by atoms with Crippen LogP contribution in [0.3, 0.4) is 0 Å². The predicted molar refractivity (Wildman–Crippen MR) is 107 cm³/mol. The number of carbonyl (C=O) groups is 1. The van der Waals surface area contributed by atoms with Crippen molar-refractivity contribution < 1.29 is 9.53 Å². The van der Waals surface area contributed by atoms with Gasteiger partial charge in [-0.25, -0.2) is 9.97 Å². The van der Waals surface area contributed by atoms with Gasteiger partial charge in [-0.1, -0.05) is 11.6 Å². The molecule has 0 aliphatic carbocycles. The molecule has 0 atom stereocenters. The van der Waals surface area contributed by atoms with Crippen molar-refractivity contribution in [3.8, 4) is 5.75 Å². The summed E-state index contributed by atoms with van der Waals surface area (Å²) in [4.78, 5) is 23.8. The summed E-state index contributed by atoms with van der Waals surface area (Å²) in [7, 11) is 1.52. The fraction of sp³-hybridized carbons (Fsp3) is 0.250. The summed E-state index contributed by atoms with van der Waals surface area (Å²) >= 11 is 6.03. The highest BCUT2D eigenvalue weighted by Crippen LogP contribution is 2.29. The van der Waals surface area contributed by atoms with Crippen LogP contribution in [0.15, 0.2) is 42.7 Å². The van der Waals surface area contributed by atoms with Gasteiger partial charge in [-0.15, -0.1) is 0 Å². The third-order valence-corrected chi connectivity index (χ3v) is 4.92. The van der Waals surface area contributed by atoms with Crippen LogP contribution in [-0.2, 0) is 0 Å². The minimum Gasteiger partial charge on any atom is -0.496 e. The van der Waals surface area contributed by atoms with Crippen molar-refractivity contribution in [2.75, 3.05) is 30.4 Å². The van der Waals surface area contributed by atoms with E-state index in [1.54, 1.807) is 24.5 Å². The molecule has 3 aromatic rings. The van der Waals surface area contributed by atoms with Gasteiger partial charge in [0.2, 0.25) is 0 Å². The fourth-order valence-electron chi connectivity index (χ4n) is 3.36. The van der Waals surface area contributed by atoms with Crippen molar-refractivity contribution in [3.63, 3.8) is 0 Å². The van der Waals surface area contributed by atoms with Gasteiger partial charge in [-0.05, 0) is 49.2 Å². The van der Waals surface area contributed by atoms with Crippen molar-refractivity contribution in [1.29, 1.82) is 0 Å². The van der Waals surface area contributed by atoms with E-state index in [1.165, 1.54) is 7.11 Å². The highest BCUT2D eigenvalue weighted by Gasteiger charge is 2.18. The maximum atomic E-state index is 12.7. The summed E-state index contributed by atoms with van der Waals surface area (Å²) in [5, 5.41) is 4.32. The molecular weight excluding hydrogens is 364 g/mol. The molecule has 0 radical (unpaired) electrons. The van der Waals surface area contributed by atoms with Crippen LogP contribution < -0.4 is 15.0 Å². The summed E-state index contributed by atoms with van der Waals surface area (Å²) in [6.07, 6.45) is 3.91. The maximum Gasteiger partial charge on any atom is 0.259 e. The van der Waals surface area contributed by atoms with Crippen molar-refractivity contribution in [3.05, 3.63) is 53.3 Å². The second kappa shape index (κ2) is 7.40. The lowest BCUT2D eigenvalue weighted by Crippen LogP contribution is -2.19. The second-order valence-electron chi connectivity index (χ2n) is 6.42. The molecule has 2 heterocycles. The lowest BCUT2D eigenvalue weighted by molar-refractivity contribution is 0.102. The molecule has 1 aromatic heterocycles. The van der Waals surface area contributed by atoms with Gasteiger partial charge in [0.25, 0.3) is 5.91 Å². The van der Waals surface area contributed by atoms with Crippen LogP contribution >= 0.6 is 11.6 Å². The molecule has 1 amide bonds. The Balaban J connectivity index is 1.67. The van der Waals surface area contributed by atoms with E-state index in [4.69, 9.17) is 16.3 Å². The Morgan fingerprint density at radius 3 is 2.74 bits per heavy atom. The number of hydrogen-bond donors (Lipinski definition) is 1. The quantitative estimate of drug-likeness (QED) is 0.734. The smallest absolute Gasteiger partial charge is 0.259 e. The molecule has 6 nitrogen and oxygen atoms in total. The Kier molecular flexibility index (Phi) is 4.81. The zero-order chi connectivity index (χ0) is 18.8. The Hall–Kier alpha value is -2.86. The largest absolute Gasteiger partial charge is 0.496 e. The first-order valence-corrected chi connectivity index (χ1v) is 9.18. The first kappa shape index (κ1) is 17.5. The van der Waals surface area contributed by atoms with E-state index >= 15 is 0 Å². The number of aromatic nitrogens is 2. The number of benzene rings is 2. The van der Waals surface area contributed by atoms with Crippen molar-refractivity contribution in [2.45, 2.75) is 12.8 Å². The third kappa shape index (κ3) is 3.53. The number of ether oxygens (including phenoxy) is 1. The Labute approximate surface area is 162 Å². The zero-order valence-corrected chi connectivity index (χ0v) is 15.7. The minimum absolute atomic E-state index is 0.284. The Bertz CT molecular complexity index is 1000. The SMILES string of the molecule is COc1ccc(Cl)cc1C(=O)Nc1ccc2ncnc(N3CCCC3)c2c1. The molecular formula is C20H19ClN4O2. The van der Waals surface area contributed by atoms with Gasteiger partial charge >= 0.3 is 0 Å². The van der Waals surface area contributed by atoms with Crippen molar-refractivity contribution >= 4 is 39.9 Å². The first-order chi connectivity index (χ1) is 13.2. The summed E-state index contributed by atoms with van der Waals surface area (Å²) < 4.78 is 5.27. The molecule has 1 aliphatic rings. The second-order valence-corrected chi connectivity index (χ2v) is 6.86. The van der Waals surface area contributed by atoms with Gasteiger partial charge in [0.05, 0.1) is 18.2 Å². The zero-order valence-electron chi connectivity index (χ0n) is 14.9. The van der Waals surface area contributed by atoms with E-state index in [9.17, 15) is 4.79 Å². The highest BCUT2D eigenvalue weighted by molar-refractivity contribution is 6.31. The number of nitrogens with one attached hydrogen (secondary N) is 1. The number of anilines is 2. The molecule has 0 bridgehead atoms. The molecule has 7 heteroatoms. The number of halogens is 1. The molecule has 138 valence electrons. The topological polar surface area (TPSA) is 67.3 Å². The summed E-state index contributed by atoms with van der Waals surface area (Å²) in [6, 6.07) is 10.6. The van der Waals surface area contributed by atoms with Crippen LogP contribution in [0, 0.1) is 0 Å². The molecule has 2 aromatic carbocycles. The van der Waals surface area contributed by atoms with Crippen molar-refractivity contribution in [2.24, 2.45) is 0 Å². The fourth-order valence-corrected chi connectivity index (χ4v) is 3.53. The number of rotatable bonds is 4. The third-order valence-electron chi connectivity index (χ3n) is 4.68. The molecule has 0 saturated carbocycles. The molecule has 0 spiro atoms. The molecule has 0 unspecified atom stereocenters. The number of amides is 1. The van der Waals surface area contributed by atoms with Crippen LogP contribution in [0.5, 0.6) is 5.75 Å². The average Bonchev–Trinajstić information content (AvgIpc) is 3.22. The van der Waals surface area contributed by atoms with Gasteiger partial charge in [0, 0.05) is 29.2 Å². The number of nitrogens with zero attached hydrogens (tertiary/aromatic N) is 3. The van der Waals surface area contributed by atoms with Gasteiger partial charge in [-0.2, -0.15) is 0 Å². The molecule has 1 fully saturated rings. The number of fused-ring (bicyclic) bond motifs is 1. The van der Waals surface area contributed by atoms with Crippen LogP contribution in [-0.4, -0.2) is 36.1 Å². The van der Waals surface area contributed by atoms with Crippen LogP contribution in [0.4, 0.5) is 11.5 Å². The number of carbonyl (C=O) groups excluding carboxylic acids is 1. The number of hydrogen-bond acceptors (Lipinski definition) is 5. The molecule has 1 aliphatic heterocycles. The van der Waals surface area contributed by atoms with Gasteiger partial charge in [0.1, 0.15) is 17.9 Å².